The summed E-state index contributed by atoms with van der Waals surface area (Å²) in [4.78, 5) is 41.9. The number of rotatable bonds is 9. The van der Waals surface area contributed by atoms with Gasteiger partial charge in [-0.05, 0) is 48.5 Å². The number of ether oxygens (including phenoxy) is 3. The van der Waals surface area contributed by atoms with E-state index < -0.39 is 11.9 Å². The fourth-order valence-corrected chi connectivity index (χ4v) is 3.57. The first-order valence-corrected chi connectivity index (χ1v) is 11.1. The van der Waals surface area contributed by atoms with Crippen molar-refractivity contribution in [1.82, 2.24) is 9.55 Å². The van der Waals surface area contributed by atoms with Gasteiger partial charge in [-0.25, -0.2) is 9.78 Å². The van der Waals surface area contributed by atoms with Gasteiger partial charge >= 0.3 is 11.9 Å². The van der Waals surface area contributed by atoms with Crippen LogP contribution in [-0.4, -0.2) is 41.8 Å². The minimum absolute atomic E-state index is 0.0319. The molecule has 0 atom stereocenters. The van der Waals surface area contributed by atoms with Gasteiger partial charge in [0.2, 0.25) is 0 Å². The van der Waals surface area contributed by atoms with E-state index in [0.29, 0.717) is 28.0 Å². The molecule has 0 N–H and O–H groups in total. The zero-order valence-electron chi connectivity index (χ0n) is 19.2. The Balaban J connectivity index is 1.41. The Morgan fingerprint density at radius 3 is 2.29 bits per heavy atom. The van der Waals surface area contributed by atoms with Gasteiger partial charge in [0.25, 0.3) is 5.56 Å². The number of aromatic nitrogens is 2. The smallest absolute Gasteiger partial charge is 0.338 e. The second kappa shape index (κ2) is 11.1. The molecule has 3 aromatic carbocycles. The third kappa shape index (κ3) is 5.73. The first-order chi connectivity index (χ1) is 17.1. The molecule has 0 unspecified atom stereocenters. The number of benzene rings is 3. The van der Waals surface area contributed by atoms with Crippen molar-refractivity contribution in [2.75, 3.05) is 20.3 Å². The number of carbonyl (C=O) groups excluding carboxylic acids is 2. The standard InChI is InChI=1S/C27H24N2O6/c1-33-21-13-11-20(12-14-21)29-24-10-6-5-9-22(24)28-23(26(29)31)15-16-25(30)34-17-18-35-27(32)19-7-3-2-4-8-19/h2-14H,15-18H2,1H3. The van der Waals surface area contributed by atoms with Gasteiger partial charge in [0.1, 0.15) is 24.7 Å². The Morgan fingerprint density at radius 1 is 0.857 bits per heavy atom. The maximum atomic E-state index is 13.3. The van der Waals surface area contributed by atoms with Crippen LogP contribution in [-0.2, 0) is 20.7 Å². The van der Waals surface area contributed by atoms with Crippen molar-refractivity contribution in [3.05, 3.63) is 100 Å². The number of aryl methyl sites for hydroxylation is 1. The topological polar surface area (TPSA) is 96.7 Å². The molecule has 0 bridgehead atoms. The first kappa shape index (κ1) is 23.7. The molecule has 8 nitrogen and oxygen atoms in total. The molecule has 0 aliphatic carbocycles. The summed E-state index contributed by atoms with van der Waals surface area (Å²) < 4.78 is 17.0. The third-order valence-electron chi connectivity index (χ3n) is 5.31. The summed E-state index contributed by atoms with van der Waals surface area (Å²) in [6, 6.07) is 23.0. The summed E-state index contributed by atoms with van der Waals surface area (Å²) in [6.07, 6.45) is 0.0816. The van der Waals surface area contributed by atoms with Gasteiger partial charge in [0.15, 0.2) is 0 Å². The molecule has 35 heavy (non-hydrogen) atoms. The Labute approximate surface area is 201 Å². The van der Waals surface area contributed by atoms with Crippen molar-refractivity contribution < 1.29 is 23.8 Å². The van der Waals surface area contributed by atoms with Crippen LogP contribution >= 0.6 is 0 Å². The monoisotopic (exact) mass is 472 g/mol. The van der Waals surface area contributed by atoms with Crippen LogP contribution in [0.15, 0.2) is 83.7 Å². The van der Waals surface area contributed by atoms with E-state index in [1.807, 2.05) is 24.3 Å². The van der Waals surface area contributed by atoms with Gasteiger partial charge in [-0.15, -0.1) is 0 Å². The van der Waals surface area contributed by atoms with Gasteiger partial charge < -0.3 is 14.2 Å². The van der Waals surface area contributed by atoms with Crippen LogP contribution in [0, 0.1) is 0 Å². The summed E-state index contributed by atoms with van der Waals surface area (Å²) in [5, 5.41) is 0. The lowest BCUT2D eigenvalue weighted by atomic mass is 10.2. The van der Waals surface area contributed by atoms with E-state index in [2.05, 4.69) is 4.98 Å². The zero-order chi connectivity index (χ0) is 24.6. The summed E-state index contributed by atoms with van der Waals surface area (Å²) in [7, 11) is 1.58. The Kier molecular flexibility index (Phi) is 7.52. The van der Waals surface area contributed by atoms with Gasteiger partial charge in [0.05, 0.1) is 30.1 Å². The Morgan fingerprint density at radius 2 is 1.54 bits per heavy atom. The highest BCUT2D eigenvalue weighted by molar-refractivity contribution is 5.89. The number of fused-ring (bicyclic) bond motifs is 1. The highest BCUT2D eigenvalue weighted by Crippen LogP contribution is 2.19. The van der Waals surface area contributed by atoms with E-state index in [0.717, 1.165) is 0 Å². The summed E-state index contributed by atoms with van der Waals surface area (Å²) >= 11 is 0. The van der Waals surface area contributed by atoms with Crippen molar-refractivity contribution in [2.45, 2.75) is 12.8 Å². The predicted octanol–water partition coefficient (Wildman–Crippen LogP) is 3.73. The lowest BCUT2D eigenvalue weighted by Gasteiger charge is -2.13. The molecule has 178 valence electrons. The average Bonchev–Trinajstić information content (AvgIpc) is 2.90. The van der Waals surface area contributed by atoms with Crippen LogP contribution in [0.4, 0.5) is 0 Å². The SMILES string of the molecule is COc1ccc(-n2c(=O)c(CCC(=O)OCCOC(=O)c3ccccc3)nc3ccccc32)cc1. The number of para-hydroxylation sites is 2. The maximum Gasteiger partial charge on any atom is 0.338 e. The lowest BCUT2D eigenvalue weighted by Crippen LogP contribution is -2.25. The first-order valence-electron chi connectivity index (χ1n) is 11.1. The molecule has 0 spiro atoms. The van der Waals surface area contributed by atoms with Crippen LogP contribution in [0.5, 0.6) is 5.75 Å². The molecule has 1 heterocycles. The second-order valence-corrected chi connectivity index (χ2v) is 7.61. The molecule has 0 saturated carbocycles. The molecule has 1 aromatic heterocycles. The molecule has 4 rings (SSSR count). The predicted molar refractivity (Wildman–Crippen MR) is 130 cm³/mol. The van der Waals surface area contributed by atoms with Gasteiger partial charge in [-0.2, -0.15) is 0 Å². The van der Waals surface area contributed by atoms with E-state index in [4.69, 9.17) is 14.2 Å². The molecule has 0 radical (unpaired) electrons. The summed E-state index contributed by atoms with van der Waals surface area (Å²) in [5.74, 6) is -0.315. The highest BCUT2D eigenvalue weighted by atomic mass is 16.6. The van der Waals surface area contributed by atoms with E-state index in [9.17, 15) is 14.4 Å². The Hall–Kier alpha value is -4.46. The average molecular weight is 472 g/mol. The number of methoxy groups -OCH3 is 1. The number of hydrogen-bond acceptors (Lipinski definition) is 7. The van der Waals surface area contributed by atoms with E-state index in [-0.39, 0.29) is 37.3 Å². The van der Waals surface area contributed by atoms with Gasteiger partial charge in [0, 0.05) is 12.1 Å². The molecule has 4 aromatic rings. The van der Waals surface area contributed by atoms with Gasteiger partial charge in [-0.3, -0.25) is 14.2 Å². The van der Waals surface area contributed by atoms with E-state index in [1.54, 1.807) is 66.3 Å². The van der Waals surface area contributed by atoms with Crippen LogP contribution in [0.3, 0.4) is 0 Å². The van der Waals surface area contributed by atoms with Crippen molar-refractivity contribution in [1.29, 1.82) is 0 Å². The van der Waals surface area contributed by atoms with Crippen molar-refractivity contribution in [3.63, 3.8) is 0 Å². The molecule has 0 aliphatic heterocycles. The molecule has 0 amide bonds. The summed E-state index contributed by atoms with van der Waals surface area (Å²) in [6.45, 7) is -0.128. The third-order valence-corrected chi connectivity index (χ3v) is 5.31. The molecular formula is C27H24N2O6. The second-order valence-electron chi connectivity index (χ2n) is 7.61. The minimum atomic E-state index is -0.508. The zero-order valence-corrected chi connectivity index (χ0v) is 19.2. The normalized spacial score (nSPS) is 10.7. The lowest BCUT2D eigenvalue weighted by molar-refractivity contribution is -0.144. The van der Waals surface area contributed by atoms with Crippen LogP contribution in [0.2, 0.25) is 0 Å². The van der Waals surface area contributed by atoms with Crippen molar-refractivity contribution in [3.8, 4) is 11.4 Å². The number of carbonyl (C=O) groups is 2. The van der Waals surface area contributed by atoms with Crippen LogP contribution < -0.4 is 10.3 Å². The largest absolute Gasteiger partial charge is 0.497 e. The van der Waals surface area contributed by atoms with Gasteiger partial charge in [-0.1, -0.05) is 30.3 Å². The highest BCUT2D eigenvalue weighted by Gasteiger charge is 2.15. The molecular weight excluding hydrogens is 448 g/mol. The molecule has 0 aliphatic rings. The minimum Gasteiger partial charge on any atom is -0.497 e. The van der Waals surface area contributed by atoms with E-state index in [1.165, 1.54) is 0 Å². The fourth-order valence-electron chi connectivity index (χ4n) is 3.57. The Bertz CT molecular complexity index is 1380. The number of nitrogens with zero attached hydrogens (tertiary/aromatic N) is 2. The maximum absolute atomic E-state index is 13.3. The van der Waals surface area contributed by atoms with Crippen LogP contribution in [0.1, 0.15) is 22.5 Å². The molecule has 0 saturated heterocycles. The molecule has 0 fully saturated rings. The summed E-state index contributed by atoms with van der Waals surface area (Å²) in [5.41, 5.74) is 2.34. The van der Waals surface area contributed by atoms with Crippen LogP contribution in [0.25, 0.3) is 16.7 Å². The van der Waals surface area contributed by atoms with E-state index >= 15 is 0 Å². The van der Waals surface area contributed by atoms with Crippen molar-refractivity contribution >= 4 is 23.0 Å². The number of esters is 2. The molecule has 8 heteroatoms. The quantitative estimate of drug-likeness (QED) is 0.270. The van der Waals surface area contributed by atoms with Crippen molar-refractivity contribution in [2.24, 2.45) is 0 Å². The number of hydrogen-bond donors (Lipinski definition) is 0. The fraction of sp³-hybridized carbons (Fsp3) is 0.185.